The summed E-state index contributed by atoms with van der Waals surface area (Å²) in [5.74, 6) is 0. The van der Waals surface area contributed by atoms with Crippen LogP contribution < -0.4 is 0 Å². The Bertz CT molecular complexity index is 1950. The molecule has 38 heavy (non-hydrogen) atoms. The van der Waals surface area contributed by atoms with E-state index < -0.39 is 0 Å². The Labute approximate surface area is 217 Å². The molecule has 0 amide bonds. The standard InChI is InChI=1S/C32H10N6/c1-36-18-5-7-20-22-9-11-23-24(30(22)32(26(20)13-18)28(16-35)38-3)10-8-21-19-6-4-17(14-33)12-25(19)31(29(21)23)27(15-34)37-2/h4-13H/b31-27-,32-28+. The second-order valence-corrected chi connectivity index (χ2v) is 8.68. The van der Waals surface area contributed by atoms with Gasteiger partial charge in [-0.15, -0.1) is 0 Å². The van der Waals surface area contributed by atoms with E-state index in [1.54, 1.807) is 24.3 Å². The third kappa shape index (κ3) is 2.75. The summed E-state index contributed by atoms with van der Waals surface area (Å²) in [6, 6.07) is 24.4. The molecule has 0 atom stereocenters. The van der Waals surface area contributed by atoms with Gasteiger partial charge >= 0.3 is 0 Å². The van der Waals surface area contributed by atoms with Gasteiger partial charge in [0.15, 0.2) is 5.69 Å². The van der Waals surface area contributed by atoms with Crippen molar-refractivity contribution in [3.05, 3.63) is 134 Å². The zero-order chi connectivity index (χ0) is 26.6. The molecule has 168 valence electrons. The molecule has 0 saturated heterocycles. The molecule has 2 aliphatic carbocycles. The number of hydrogen-bond acceptors (Lipinski definition) is 3. The lowest BCUT2D eigenvalue weighted by atomic mass is 9.90. The number of nitriles is 3. The fourth-order valence-corrected chi connectivity index (χ4v) is 5.53. The number of nitrogens with zero attached hydrogens (tertiary/aromatic N) is 6. The van der Waals surface area contributed by atoms with Crippen molar-refractivity contribution in [1.29, 1.82) is 15.8 Å². The van der Waals surface area contributed by atoms with Crippen molar-refractivity contribution in [2.24, 2.45) is 0 Å². The number of hydrogen-bond donors (Lipinski definition) is 0. The molecule has 0 N–H and O–H groups in total. The normalized spacial score (nSPS) is 14.3. The lowest BCUT2D eigenvalue weighted by molar-refractivity contribution is 1.47. The van der Waals surface area contributed by atoms with Gasteiger partial charge in [-0.3, -0.25) is 0 Å². The Morgan fingerprint density at radius 1 is 0.579 bits per heavy atom. The van der Waals surface area contributed by atoms with Crippen LogP contribution in [0.1, 0.15) is 27.8 Å². The van der Waals surface area contributed by atoms with Crippen LogP contribution in [0.3, 0.4) is 0 Å². The van der Waals surface area contributed by atoms with Gasteiger partial charge in [0, 0.05) is 11.1 Å². The predicted octanol–water partition coefficient (Wildman–Crippen LogP) is 7.63. The van der Waals surface area contributed by atoms with E-state index >= 15 is 0 Å². The second-order valence-electron chi connectivity index (χ2n) is 8.68. The fourth-order valence-electron chi connectivity index (χ4n) is 5.53. The first-order chi connectivity index (χ1) is 18.6. The molecule has 0 unspecified atom stereocenters. The van der Waals surface area contributed by atoms with Crippen molar-refractivity contribution >= 4 is 27.6 Å². The summed E-state index contributed by atoms with van der Waals surface area (Å²) in [5, 5.41) is 30.7. The highest BCUT2D eigenvalue weighted by Crippen LogP contribution is 2.54. The Morgan fingerprint density at radius 2 is 1.08 bits per heavy atom. The van der Waals surface area contributed by atoms with Crippen LogP contribution in [0.4, 0.5) is 5.69 Å². The van der Waals surface area contributed by atoms with Gasteiger partial charge in [-0.25, -0.2) is 25.1 Å². The maximum Gasteiger partial charge on any atom is 0.270 e. The summed E-state index contributed by atoms with van der Waals surface area (Å²) in [6.45, 7) is 22.8. The minimum atomic E-state index is -0.0762. The molecule has 0 saturated carbocycles. The molecule has 4 aromatic rings. The summed E-state index contributed by atoms with van der Waals surface area (Å²) in [5.41, 5.74) is 7.70. The van der Waals surface area contributed by atoms with Crippen molar-refractivity contribution in [3.63, 3.8) is 0 Å². The van der Waals surface area contributed by atoms with Gasteiger partial charge in [0.05, 0.1) is 43.5 Å². The van der Waals surface area contributed by atoms with E-state index in [4.69, 9.17) is 19.7 Å². The van der Waals surface area contributed by atoms with Crippen molar-refractivity contribution in [3.8, 4) is 40.5 Å². The van der Waals surface area contributed by atoms with E-state index in [2.05, 4.69) is 20.6 Å². The minimum absolute atomic E-state index is 0.0725. The molecule has 0 aliphatic heterocycles. The molecule has 6 nitrogen and oxygen atoms in total. The van der Waals surface area contributed by atoms with Crippen molar-refractivity contribution in [2.45, 2.75) is 0 Å². The van der Waals surface area contributed by atoms with Crippen LogP contribution >= 0.6 is 0 Å². The van der Waals surface area contributed by atoms with Crippen LogP contribution in [0, 0.1) is 53.7 Å². The lowest BCUT2D eigenvalue weighted by Gasteiger charge is -2.13. The number of allylic oxidation sites excluding steroid dienone is 2. The SMILES string of the molecule is [C-]#[N+]/C(C#N)=C1/c2cc(C#N)ccc2-c2ccc3c4c(ccc3c21)-c1ccc([N+]#[C-])cc1/C4=C(/C#N)[N+]#[C-]. The minimum Gasteiger partial charge on any atom is -0.238 e. The highest BCUT2D eigenvalue weighted by Gasteiger charge is 2.33. The maximum absolute atomic E-state index is 9.85. The molecular formula is C32H10N6. The Balaban J connectivity index is 1.78. The van der Waals surface area contributed by atoms with Gasteiger partial charge in [0.2, 0.25) is 0 Å². The zero-order valence-corrected chi connectivity index (χ0v) is 19.5. The van der Waals surface area contributed by atoms with E-state index in [-0.39, 0.29) is 11.4 Å². The number of rotatable bonds is 0. The smallest absolute Gasteiger partial charge is 0.238 e. The van der Waals surface area contributed by atoms with Gasteiger partial charge in [0.1, 0.15) is 0 Å². The summed E-state index contributed by atoms with van der Waals surface area (Å²) in [4.78, 5) is 10.5. The molecule has 6 heteroatoms. The molecule has 2 aliphatic rings. The predicted molar refractivity (Wildman–Crippen MR) is 142 cm³/mol. The summed E-state index contributed by atoms with van der Waals surface area (Å²) in [7, 11) is 0. The third-order valence-corrected chi connectivity index (χ3v) is 7.01. The van der Waals surface area contributed by atoms with Gasteiger partial charge < -0.3 is 0 Å². The summed E-state index contributed by atoms with van der Waals surface area (Å²) >= 11 is 0. The Kier molecular flexibility index (Phi) is 4.68. The van der Waals surface area contributed by atoms with E-state index in [0.29, 0.717) is 44.7 Å². The van der Waals surface area contributed by atoms with Gasteiger partial charge in [-0.2, -0.15) is 5.26 Å². The van der Waals surface area contributed by atoms with E-state index in [0.717, 1.165) is 33.0 Å². The topological polar surface area (TPSA) is 84.5 Å². The van der Waals surface area contributed by atoms with E-state index in [9.17, 15) is 15.8 Å². The summed E-state index contributed by atoms with van der Waals surface area (Å²) < 4.78 is 0. The van der Waals surface area contributed by atoms with Crippen LogP contribution in [-0.2, 0) is 0 Å². The Morgan fingerprint density at radius 3 is 1.55 bits per heavy atom. The quantitative estimate of drug-likeness (QED) is 0.166. The zero-order valence-electron chi connectivity index (χ0n) is 19.5. The van der Waals surface area contributed by atoms with Crippen molar-refractivity contribution < 1.29 is 0 Å². The van der Waals surface area contributed by atoms with Crippen LogP contribution in [0.2, 0.25) is 0 Å². The Hall–Kier alpha value is -6.44. The van der Waals surface area contributed by atoms with Crippen LogP contribution in [0.25, 0.3) is 58.7 Å². The molecule has 0 heterocycles. The average Bonchev–Trinajstić information content (AvgIpc) is 3.47. The molecule has 0 radical (unpaired) electrons. The third-order valence-electron chi connectivity index (χ3n) is 7.01. The molecule has 0 bridgehead atoms. The molecule has 6 rings (SSSR count). The van der Waals surface area contributed by atoms with E-state index in [1.165, 1.54) is 0 Å². The highest BCUT2D eigenvalue weighted by molar-refractivity contribution is 6.18. The van der Waals surface area contributed by atoms with Crippen LogP contribution in [-0.4, -0.2) is 0 Å². The average molecular weight is 478 g/mol. The highest BCUT2D eigenvalue weighted by atomic mass is 14.7. The lowest BCUT2D eigenvalue weighted by Crippen LogP contribution is -1.92. The van der Waals surface area contributed by atoms with Crippen LogP contribution in [0.15, 0.2) is 72.1 Å². The number of fused-ring (bicyclic) bond motifs is 9. The van der Waals surface area contributed by atoms with Crippen molar-refractivity contribution in [2.75, 3.05) is 0 Å². The number of benzene rings is 4. The second kappa shape index (κ2) is 8.06. The first-order valence-corrected chi connectivity index (χ1v) is 11.3. The molecule has 0 fully saturated rings. The first-order valence-electron chi connectivity index (χ1n) is 11.3. The largest absolute Gasteiger partial charge is 0.270 e. The van der Waals surface area contributed by atoms with Gasteiger partial charge in [-0.1, -0.05) is 42.5 Å². The van der Waals surface area contributed by atoms with Gasteiger partial charge in [0.25, 0.3) is 11.4 Å². The first kappa shape index (κ1) is 22.1. The molecule has 0 spiro atoms. The van der Waals surface area contributed by atoms with Crippen molar-refractivity contribution in [1.82, 2.24) is 0 Å². The fraction of sp³-hybridized carbons (Fsp3) is 0. The molecular weight excluding hydrogens is 468 g/mol. The van der Waals surface area contributed by atoms with Crippen LogP contribution in [0.5, 0.6) is 0 Å². The maximum atomic E-state index is 9.85. The molecule has 4 aromatic carbocycles. The van der Waals surface area contributed by atoms with E-state index in [1.807, 2.05) is 48.5 Å². The monoisotopic (exact) mass is 478 g/mol. The summed E-state index contributed by atoms with van der Waals surface area (Å²) in [6.07, 6.45) is 0. The van der Waals surface area contributed by atoms with Gasteiger partial charge in [-0.05, 0) is 73.5 Å². The molecule has 0 aromatic heterocycles.